The van der Waals surface area contributed by atoms with Crippen LogP contribution >= 0.6 is 0 Å². The third-order valence-electron chi connectivity index (χ3n) is 7.19. The Bertz CT molecular complexity index is 1480. The molecule has 1 aliphatic rings. The minimum absolute atomic E-state index is 0.0162. The van der Waals surface area contributed by atoms with E-state index in [-0.39, 0.29) is 24.3 Å². The molecule has 0 aliphatic carbocycles. The summed E-state index contributed by atoms with van der Waals surface area (Å²) in [6, 6.07) is 21.9. The number of benzene rings is 3. The van der Waals surface area contributed by atoms with Crippen LogP contribution in [0.2, 0.25) is 0 Å². The standard InChI is InChI=1S/C33H39N5O5/c1-32(2,3)17-18-35-31(40)33(22-25-9-5-6-12-28(25)37-38-34)29(24-10-7-11-27(21-24)41-4)43-30(36-33)23-13-15-26(16-14-23)42-20-8-19-39/h5-7,9-16,21,29,39H,8,17-20,22H2,1-4H3,(H,35,40)/t29-,33-/m1/s1. The quantitative estimate of drug-likeness (QED) is 0.103. The number of rotatable bonds is 13. The Morgan fingerprint density at radius 3 is 2.58 bits per heavy atom. The lowest BCUT2D eigenvalue weighted by Crippen LogP contribution is -2.50. The third kappa shape index (κ3) is 7.85. The summed E-state index contributed by atoms with van der Waals surface area (Å²) in [5.41, 5.74) is 10.3. The Morgan fingerprint density at radius 2 is 1.88 bits per heavy atom. The van der Waals surface area contributed by atoms with E-state index >= 15 is 0 Å². The van der Waals surface area contributed by atoms with Gasteiger partial charge in [0, 0.05) is 42.2 Å². The smallest absolute Gasteiger partial charge is 0.252 e. The van der Waals surface area contributed by atoms with Gasteiger partial charge in [-0.15, -0.1) is 0 Å². The molecule has 1 amide bonds. The van der Waals surface area contributed by atoms with Gasteiger partial charge in [-0.3, -0.25) is 4.79 Å². The van der Waals surface area contributed by atoms with E-state index in [1.165, 1.54) is 0 Å². The van der Waals surface area contributed by atoms with Gasteiger partial charge in [-0.2, -0.15) is 0 Å². The molecule has 0 radical (unpaired) electrons. The molecule has 2 atom stereocenters. The van der Waals surface area contributed by atoms with E-state index in [9.17, 15) is 10.3 Å². The topological polar surface area (TPSA) is 138 Å². The van der Waals surface area contributed by atoms with E-state index < -0.39 is 11.6 Å². The summed E-state index contributed by atoms with van der Waals surface area (Å²) in [4.78, 5) is 22.4. The van der Waals surface area contributed by atoms with Crippen molar-refractivity contribution in [2.45, 2.75) is 51.7 Å². The summed E-state index contributed by atoms with van der Waals surface area (Å²) < 4.78 is 17.8. The fourth-order valence-electron chi connectivity index (χ4n) is 4.89. The molecule has 0 spiro atoms. The summed E-state index contributed by atoms with van der Waals surface area (Å²) in [6.45, 7) is 7.27. The van der Waals surface area contributed by atoms with Gasteiger partial charge in [0.15, 0.2) is 11.6 Å². The van der Waals surface area contributed by atoms with Crippen LogP contribution in [0.5, 0.6) is 11.5 Å². The van der Waals surface area contributed by atoms with Crippen LogP contribution in [0, 0.1) is 5.41 Å². The Hall–Kier alpha value is -4.53. The number of amides is 1. The molecule has 3 aromatic rings. The highest BCUT2D eigenvalue weighted by Gasteiger charge is 2.53. The molecule has 2 N–H and O–H groups in total. The number of aliphatic imine (C=N–C) groups is 1. The van der Waals surface area contributed by atoms with Crippen molar-refractivity contribution in [2.24, 2.45) is 15.5 Å². The van der Waals surface area contributed by atoms with Gasteiger partial charge in [-0.05, 0) is 64.9 Å². The molecule has 4 rings (SSSR count). The second kappa shape index (κ2) is 14.1. The van der Waals surface area contributed by atoms with Crippen LogP contribution in [0.1, 0.15) is 56.4 Å². The van der Waals surface area contributed by atoms with Crippen LogP contribution in [0.15, 0.2) is 82.9 Å². The van der Waals surface area contributed by atoms with E-state index in [0.717, 1.165) is 6.42 Å². The fourth-order valence-corrected chi connectivity index (χ4v) is 4.89. The summed E-state index contributed by atoms with van der Waals surface area (Å²) in [7, 11) is 1.59. The Kier molecular flexibility index (Phi) is 10.3. The number of methoxy groups -OCH3 is 1. The van der Waals surface area contributed by atoms with E-state index in [1.807, 2.05) is 48.5 Å². The van der Waals surface area contributed by atoms with Crippen LogP contribution in [0.3, 0.4) is 0 Å². The van der Waals surface area contributed by atoms with Crippen molar-refractivity contribution in [2.75, 3.05) is 26.9 Å². The van der Waals surface area contributed by atoms with Crippen molar-refractivity contribution >= 4 is 17.5 Å². The number of carbonyl (C=O) groups excluding carboxylic acids is 1. The van der Waals surface area contributed by atoms with Gasteiger partial charge in [0.05, 0.1) is 13.7 Å². The zero-order valence-electron chi connectivity index (χ0n) is 25.1. The molecule has 0 saturated carbocycles. The van der Waals surface area contributed by atoms with E-state index in [1.54, 1.807) is 31.4 Å². The van der Waals surface area contributed by atoms with Crippen molar-refractivity contribution in [3.8, 4) is 11.5 Å². The van der Waals surface area contributed by atoms with Crippen LogP contribution in [0.4, 0.5) is 5.69 Å². The SMILES string of the molecule is COc1cccc([C@H]2OC(c3ccc(OCCCO)cc3)=N[C@@]2(Cc2ccccc2N=[N+]=[N-])C(=O)NCCC(C)(C)C)c1. The minimum Gasteiger partial charge on any atom is -0.497 e. The number of aliphatic hydroxyl groups is 1. The zero-order chi connectivity index (χ0) is 30.9. The molecule has 1 heterocycles. The van der Waals surface area contributed by atoms with Gasteiger partial charge in [0.1, 0.15) is 11.5 Å². The van der Waals surface area contributed by atoms with Gasteiger partial charge in [0.25, 0.3) is 5.91 Å². The van der Waals surface area contributed by atoms with Gasteiger partial charge in [-0.1, -0.05) is 62.3 Å². The molecule has 43 heavy (non-hydrogen) atoms. The predicted octanol–water partition coefficient (Wildman–Crippen LogP) is 6.45. The number of carbonyl (C=O) groups is 1. The molecule has 226 valence electrons. The summed E-state index contributed by atoms with van der Waals surface area (Å²) in [6.07, 6.45) is 0.608. The average molecular weight is 586 g/mol. The number of nitrogens with zero attached hydrogens (tertiary/aromatic N) is 4. The highest BCUT2D eigenvalue weighted by Crippen LogP contribution is 2.44. The summed E-state index contributed by atoms with van der Waals surface area (Å²) in [5, 5.41) is 16.1. The maximum atomic E-state index is 14.4. The highest BCUT2D eigenvalue weighted by atomic mass is 16.5. The molecule has 0 unspecified atom stereocenters. The Balaban J connectivity index is 1.82. The van der Waals surface area contributed by atoms with Gasteiger partial charge in [-0.25, -0.2) is 4.99 Å². The second-order valence-electron chi connectivity index (χ2n) is 11.6. The number of hydrogen-bond acceptors (Lipinski definition) is 7. The van der Waals surface area contributed by atoms with E-state index in [0.29, 0.717) is 59.3 Å². The number of nitrogens with one attached hydrogen (secondary N) is 1. The van der Waals surface area contributed by atoms with Crippen LogP contribution in [-0.2, 0) is 16.0 Å². The van der Waals surface area contributed by atoms with E-state index in [4.69, 9.17) is 24.3 Å². The summed E-state index contributed by atoms with van der Waals surface area (Å²) >= 11 is 0. The maximum Gasteiger partial charge on any atom is 0.252 e. The van der Waals surface area contributed by atoms with Gasteiger partial charge >= 0.3 is 0 Å². The Morgan fingerprint density at radius 1 is 1.12 bits per heavy atom. The van der Waals surface area contributed by atoms with Crippen molar-refractivity contribution in [1.82, 2.24) is 5.32 Å². The molecule has 1 aliphatic heterocycles. The number of aliphatic hydroxyl groups excluding tert-OH is 1. The van der Waals surface area contributed by atoms with Crippen LogP contribution < -0.4 is 14.8 Å². The summed E-state index contributed by atoms with van der Waals surface area (Å²) in [5.74, 6) is 1.28. The van der Waals surface area contributed by atoms with Crippen molar-refractivity contribution in [3.05, 3.63) is 99.9 Å². The first-order valence-corrected chi connectivity index (χ1v) is 14.3. The normalized spacial score (nSPS) is 17.8. The van der Waals surface area contributed by atoms with Crippen molar-refractivity contribution in [1.29, 1.82) is 0 Å². The molecule has 3 aromatic carbocycles. The Labute approximate surface area is 252 Å². The van der Waals surface area contributed by atoms with Crippen LogP contribution in [0.25, 0.3) is 10.4 Å². The lowest BCUT2D eigenvalue weighted by atomic mass is 9.81. The molecule has 0 aromatic heterocycles. The first-order chi connectivity index (χ1) is 20.7. The molecule has 0 bridgehead atoms. The second-order valence-corrected chi connectivity index (χ2v) is 11.6. The van der Waals surface area contributed by atoms with Gasteiger partial charge < -0.3 is 24.6 Å². The molecule has 10 nitrogen and oxygen atoms in total. The number of ether oxygens (including phenoxy) is 3. The lowest BCUT2D eigenvalue weighted by molar-refractivity contribution is -0.129. The van der Waals surface area contributed by atoms with Crippen molar-refractivity contribution in [3.63, 3.8) is 0 Å². The number of azide groups is 1. The first-order valence-electron chi connectivity index (χ1n) is 14.3. The lowest BCUT2D eigenvalue weighted by Gasteiger charge is -2.32. The fraction of sp³-hybridized carbons (Fsp3) is 0.394. The average Bonchev–Trinajstić information content (AvgIpc) is 3.38. The van der Waals surface area contributed by atoms with Gasteiger partial charge in [0.2, 0.25) is 5.90 Å². The molecule has 0 saturated heterocycles. The molecule has 10 heteroatoms. The zero-order valence-corrected chi connectivity index (χ0v) is 25.1. The molecular weight excluding hydrogens is 546 g/mol. The molecule has 0 fully saturated rings. The maximum absolute atomic E-state index is 14.4. The third-order valence-corrected chi connectivity index (χ3v) is 7.19. The minimum atomic E-state index is -1.43. The predicted molar refractivity (Wildman–Crippen MR) is 166 cm³/mol. The van der Waals surface area contributed by atoms with Crippen molar-refractivity contribution < 1.29 is 24.1 Å². The largest absolute Gasteiger partial charge is 0.497 e. The van der Waals surface area contributed by atoms with Crippen LogP contribution in [-0.4, -0.2) is 49.3 Å². The van der Waals surface area contributed by atoms with E-state index in [2.05, 4.69) is 36.1 Å². The number of hydrogen-bond donors (Lipinski definition) is 2. The first kappa shape index (κ1) is 31.4. The highest BCUT2D eigenvalue weighted by molar-refractivity contribution is 6.01. The molecular formula is C33H39N5O5. The monoisotopic (exact) mass is 585 g/mol.